The van der Waals surface area contributed by atoms with Crippen LogP contribution in [0.4, 0.5) is 0 Å². The number of imidazole rings is 2. The molecule has 2 aliphatic heterocycles. The first kappa shape index (κ1) is 36.9. The van der Waals surface area contributed by atoms with E-state index in [-0.39, 0.29) is 29.9 Å². The summed E-state index contributed by atoms with van der Waals surface area (Å²) in [4.78, 5) is 47.9. The van der Waals surface area contributed by atoms with E-state index in [1.807, 2.05) is 6.20 Å². The van der Waals surface area contributed by atoms with E-state index in [0.717, 1.165) is 103 Å². The Morgan fingerprint density at radius 3 is 2.47 bits per heavy atom. The third-order valence-corrected chi connectivity index (χ3v) is 11.8. The minimum atomic E-state index is -0.0145. The molecule has 2 saturated heterocycles. The summed E-state index contributed by atoms with van der Waals surface area (Å²) in [6, 6.07) is 11.3. The van der Waals surface area contributed by atoms with Gasteiger partial charge in [-0.3, -0.25) is 9.59 Å². The number of carbonyl (C=O) groups excluding carboxylic acids is 2. The fraction of sp³-hybridized carbons (Fsp3) is 0.511. The molecule has 1 aliphatic carbocycles. The molecule has 2 aromatic heterocycles. The van der Waals surface area contributed by atoms with Gasteiger partial charge in [-0.1, -0.05) is 78.0 Å². The Kier molecular flexibility index (Phi) is 10.8. The summed E-state index contributed by atoms with van der Waals surface area (Å²) in [6.07, 6.45) is 15.6. The molecule has 280 valence electrons. The Labute approximate surface area is 315 Å². The van der Waals surface area contributed by atoms with Crippen molar-refractivity contribution in [2.75, 3.05) is 6.54 Å². The Morgan fingerprint density at radius 2 is 1.70 bits per heavy atom. The number of aromatic nitrogens is 4. The monoisotopic (exact) mass is 714 g/mol. The molecule has 4 atom stereocenters. The molecule has 0 bridgehead atoms. The van der Waals surface area contributed by atoms with Gasteiger partial charge in [0, 0.05) is 36.4 Å². The van der Waals surface area contributed by atoms with Crippen molar-refractivity contribution in [2.24, 2.45) is 17.8 Å². The van der Waals surface area contributed by atoms with Crippen molar-refractivity contribution in [3.05, 3.63) is 83.7 Å². The molecule has 4 heterocycles. The molecule has 4 aromatic rings. The quantitative estimate of drug-likeness (QED) is 0.180. The highest BCUT2D eigenvalue weighted by Gasteiger charge is 2.38. The standard InChI is InChI=1S/C45H58N6O2/c1-8-31-23-40(50(26-31)41(52)21-27(2)3)44-46-25-38(48-44)35-17-14-32(12-10-9-11-29(35)6)33-15-18-36-34(24-33)16-19-37-43(36)49-45(47-37)39-20-13-30(7)51(39)42(53)22-28(4)5/h14-19,24-25,27-28,30-31,39-40H,6,8-13,20-23,26H2,1-5,7H3,(H,46,48)(H,47,49)/b32-14+,35-17+/t30-,31-,39-,40-/m0/s1. The molecule has 0 spiro atoms. The lowest BCUT2D eigenvalue weighted by molar-refractivity contribution is -0.135. The Hall–Kier alpha value is -4.46. The minimum Gasteiger partial charge on any atom is -0.340 e. The van der Waals surface area contributed by atoms with Crippen molar-refractivity contribution >= 4 is 44.8 Å². The number of aromatic amines is 2. The molecule has 0 saturated carbocycles. The largest absolute Gasteiger partial charge is 0.340 e. The molecule has 8 nitrogen and oxygen atoms in total. The van der Waals surface area contributed by atoms with E-state index in [1.165, 1.54) is 16.5 Å². The summed E-state index contributed by atoms with van der Waals surface area (Å²) in [5.74, 6) is 3.38. The maximum atomic E-state index is 13.3. The van der Waals surface area contributed by atoms with Gasteiger partial charge in [-0.05, 0) is 104 Å². The summed E-state index contributed by atoms with van der Waals surface area (Å²) in [7, 11) is 0. The second-order valence-corrected chi connectivity index (χ2v) is 16.8. The van der Waals surface area contributed by atoms with Crippen LogP contribution in [-0.2, 0) is 9.59 Å². The lowest BCUT2D eigenvalue weighted by Gasteiger charge is -2.28. The lowest BCUT2D eigenvalue weighted by atomic mass is 9.96. The third-order valence-electron chi connectivity index (χ3n) is 11.8. The molecule has 2 N–H and O–H groups in total. The number of amides is 2. The number of hydrogen-bond acceptors (Lipinski definition) is 4. The van der Waals surface area contributed by atoms with E-state index in [2.05, 4.69) is 110 Å². The molecular formula is C45H58N6O2. The fourth-order valence-corrected chi connectivity index (χ4v) is 8.87. The topological polar surface area (TPSA) is 98.0 Å². The summed E-state index contributed by atoms with van der Waals surface area (Å²) >= 11 is 0. The zero-order valence-electron chi connectivity index (χ0n) is 32.7. The van der Waals surface area contributed by atoms with Gasteiger partial charge in [-0.15, -0.1) is 0 Å². The van der Waals surface area contributed by atoms with Crippen molar-refractivity contribution in [2.45, 2.75) is 124 Å². The molecular weight excluding hydrogens is 657 g/mol. The van der Waals surface area contributed by atoms with Gasteiger partial charge < -0.3 is 19.8 Å². The van der Waals surface area contributed by atoms with Crippen molar-refractivity contribution in [1.82, 2.24) is 29.7 Å². The van der Waals surface area contributed by atoms with Crippen LogP contribution >= 0.6 is 0 Å². The van der Waals surface area contributed by atoms with Crippen LogP contribution < -0.4 is 0 Å². The molecule has 0 radical (unpaired) electrons. The number of nitrogens with zero attached hydrogens (tertiary/aromatic N) is 4. The zero-order chi connectivity index (χ0) is 37.4. The normalized spacial score (nSPS) is 24.8. The first-order valence-electron chi connectivity index (χ1n) is 20.2. The number of likely N-dealkylation sites (tertiary alicyclic amines) is 2. The number of H-pyrrole nitrogens is 2. The van der Waals surface area contributed by atoms with Gasteiger partial charge in [-0.2, -0.15) is 0 Å². The van der Waals surface area contributed by atoms with Crippen molar-refractivity contribution < 1.29 is 9.59 Å². The number of carbonyl (C=O) groups is 2. The maximum Gasteiger partial charge on any atom is 0.223 e. The van der Waals surface area contributed by atoms with Crippen LogP contribution in [0, 0.1) is 17.8 Å². The Balaban J connectivity index is 1.17. The maximum absolute atomic E-state index is 13.3. The van der Waals surface area contributed by atoms with E-state index < -0.39 is 0 Å². The predicted octanol–water partition coefficient (Wildman–Crippen LogP) is 10.5. The molecule has 8 heteroatoms. The average molecular weight is 715 g/mol. The second-order valence-electron chi connectivity index (χ2n) is 16.8. The average Bonchev–Trinajstić information content (AvgIpc) is 3.93. The Morgan fingerprint density at radius 1 is 0.925 bits per heavy atom. The predicted molar refractivity (Wildman–Crippen MR) is 216 cm³/mol. The van der Waals surface area contributed by atoms with Gasteiger partial charge in [0.15, 0.2) is 0 Å². The summed E-state index contributed by atoms with van der Waals surface area (Å²) in [6.45, 7) is 18.1. The van der Waals surface area contributed by atoms with Crippen LogP contribution in [0.15, 0.2) is 60.8 Å². The van der Waals surface area contributed by atoms with Gasteiger partial charge in [0.1, 0.15) is 11.6 Å². The number of nitrogens with one attached hydrogen (secondary N) is 2. The number of hydrogen-bond donors (Lipinski definition) is 2. The van der Waals surface area contributed by atoms with Crippen LogP contribution in [0.2, 0.25) is 0 Å². The smallest absolute Gasteiger partial charge is 0.223 e. The highest BCUT2D eigenvalue weighted by molar-refractivity contribution is 6.05. The molecule has 0 unspecified atom stereocenters. The van der Waals surface area contributed by atoms with Gasteiger partial charge in [0.2, 0.25) is 11.8 Å². The minimum absolute atomic E-state index is 0.0126. The molecule has 3 aliphatic rings. The Bertz CT molecular complexity index is 2060. The molecule has 2 fully saturated rings. The van der Waals surface area contributed by atoms with E-state index >= 15 is 0 Å². The first-order chi connectivity index (χ1) is 25.5. The van der Waals surface area contributed by atoms with Gasteiger partial charge in [0.25, 0.3) is 0 Å². The van der Waals surface area contributed by atoms with Crippen LogP contribution in [0.25, 0.3) is 33.0 Å². The van der Waals surface area contributed by atoms with Crippen molar-refractivity contribution in [3.63, 3.8) is 0 Å². The molecule has 7 rings (SSSR count). The highest BCUT2D eigenvalue weighted by atomic mass is 16.2. The number of allylic oxidation sites excluding steroid dienone is 5. The second kappa shape index (κ2) is 15.5. The molecule has 2 aromatic carbocycles. The van der Waals surface area contributed by atoms with Crippen LogP contribution in [0.5, 0.6) is 0 Å². The van der Waals surface area contributed by atoms with E-state index in [9.17, 15) is 9.59 Å². The fourth-order valence-electron chi connectivity index (χ4n) is 8.87. The van der Waals surface area contributed by atoms with Gasteiger partial charge in [-0.25, -0.2) is 9.97 Å². The molecule has 2 amide bonds. The first-order valence-corrected chi connectivity index (χ1v) is 20.2. The number of fused-ring (bicyclic) bond motifs is 3. The van der Waals surface area contributed by atoms with Crippen LogP contribution in [0.3, 0.4) is 0 Å². The van der Waals surface area contributed by atoms with Crippen molar-refractivity contribution in [3.8, 4) is 0 Å². The highest BCUT2D eigenvalue weighted by Crippen LogP contribution is 2.40. The van der Waals surface area contributed by atoms with Gasteiger partial charge in [0.05, 0.1) is 35.0 Å². The van der Waals surface area contributed by atoms with E-state index in [0.29, 0.717) is 30.6 Å². The van der Waals surface area contributed by atoms with Crippen molar-refractivity contribution in [1.29, 1.82) is 0 Å². The van der Waals surface area contributed by atoms with E-state index in [4.69, 9.17) is 9.97 Å². The number of benzene rings is 2. The summed E-state index contributed by atoms with van der Waals surface area (Å²) in [5, 5.41) is 2.32. The van der Waals surface area contributed by atoms with Gasteiger partial charge >= 0.3 is 0 Å². The molecule has 53 heavy (non-hydrogen) atoms. The zero-order valence-corrected chi connectivity index (χ0v) is 32.7. The summed E-state index contributed by atoms with van der Waals surface area (Å²) < 4.78 is 0. The lowest BCUT2D eigenvalue weighted by Crippen LogP contribution is -2.36. The summed E-state index contributed by atoms with van der Waals surface area (Å²) in [5.41, 5.74) is 7.66. The van der Waals surface area contributed by atoms with Crippen LogP contribution in [0.1, 0.15) is 141 Å². The third kappa shape index (κ3) is 7.65. The van der Waals surface area contributed by atoms with E-state index in [1.54, 1.807) is 0 Å². The number of rotatable bonds is 9. The van der Waals surface area contributed by atoms with Crippen LogP contribution in [-0.4, -0.2) is 54.1 Å². The SMILES string of the molecule is C=C1CCCC/C(c2ccc3c(ccc4nc([C@@H]5CC[C@H](C)N5C(=O)CC(C)C)[nH]c43)c2)=C\C=C/1c1cnc([C@@H]2C[C@H](CC)CN2C(=O)CC(C)C)[nH]1.